The first-order valence-corrected chi connectivity index (χ1v) is 10.4. The molecule has 160 valence electrons. The minimum absolute atomic E-state index is 0.0400. The second kappa shape index (κ2) is 8.65. The maximum atomic E-state index is 14.3. The molecule has 0 radical (unpaired) electrons. The topological polar surface area (TPSA) is 92.3 Å². The molecule has 32 heavy (non-hydrogen) atoms. The largest absolute Gasteiger partial charge is 0.497 e. The number of carboxylic acid groups (broad SMARTS) is 1. The van der Waals surface area contributed by atoms with Crippen molar-refractivity contribution in [3.63, 3.8) is 0 Å². The number of ether oxygens (including phenoxy) is 1. The Balaban J connectivity index is 2.02. The van der Waals surface area contributed by atoms with E-state index in [1.165, 1.54) is 23.6 Å². The third-order valence-corrected chi connectivity index (χ3v) is 6.46. The number of halogens is 1. The van der Waals surface area contributed by atoms with E-state index < -0.39 is 22.8 Å². The highest BCUT2D eigenvalue weighted by Gasteiger charge is 2.23. The predicted octanol–water partition coefficient (Wildman–Crippen LogP) is 4.69. The van der Waals surface area contributed by atoms with Crippen LogP contribution >= 0.6 is 11.3 Å². The van der Waals surface area contributed by atoms with Crippen molar-refractivity contribution < 1.29 is 19.0 Å². The second-order valence-corrected chi connectivity index (χ2v) is 8.05. The Hall–Kier alpha value is -3.96. The molecule has 0 unspecified atom stereocenters. The van der Waals surface area contributed by atoms with E-state index >= 15 is 0 Å². The maximum absolute atomic E-state index is 14.3. The fourth-order valence-corrected chi connectivity index (χ4v) is 4.90. The van der Waals surface area contributed by atoms with Crippen LogP contribution in [0.1, 0.15) is 21.5 Å². The summed E-state index contributed by atoms with van der Waals surface area (Å²) < 4.78 is 21.1. The van der Waals surface area contributed by atoms with Gasteiger partial charge in [0.2, 0.25) is 5.43 Å². The molecule has 0 spiro atoms. The van der Waals surface area contributed by atoms with Crippen molar-refractivity contribution in [1.29, 1.82) is 5.26 Å². The molecular formula is C24H17FN2O4S. The normalized spacial score (nSPS) is 10.8. The van der Waals surface area contributed by atoms with Gasteiger partial charge in [0, 0.05) is 16.6 Å². The number of carboxylic acids is 1. The van der Waals surface area contributed by atoms with Gasteiger partial charge < -0.3 is 14.4 Å². The number of benzene rings is 2. The number of hydrogen-bond donors (Lipinski definition) is 1. The van der Waals surface area contributed by atoms with Gasteiger partial charge in [-0.2, -0.15) is 5.26 Å². The van der Waals surface area contributed by atoms with Crippen molar-refractivity contribution in [1.82, 2.24) is 4.57 Å². The average molecular weight is 448 g/mol. The number of rotatable bonds is 6. The molecule has 4 aromatic rings. The Morgan fingerprint density at radius 1 is 1.22 bits per heavy atom. The van der Waals surface area contributed by atoms with E-state index in [0.29, 0.717) is 26.6 Å². The number of nitriles is 1. The van der Waals surface area contributed by atoms with Crippen LogP contribution < -0.4 is 10.2 Å². The van der Waals surface area contributed by atoms with Crippen LogP contribution in [-0.2, 0) is 13.0 Å². The second-order valence-electron chi connectivity index (χ2n) is 7.05. The van der Waals surface area contributed by atoms with Gasteiger partial charge in [0.05, 0.1) is 31.5 Å². The number of nitrogens with zero attached hydrogens (tertiary/aromatic N) is 2. The van der Waals surface area contributed by atoms with E-state index in [2.05, 4.69) is 6.07 Å². The molecule has 0 aliphatic heterocycles. The number of thiophene rings is 1. The van der Waals surface area contributed by atoms with Crippen LogP contribution in [0.25, 0.3) is 20.7 Å². The van der Waals surface area contributed by atoms with Gasteiger partial charge in [0.1, 0.15) is 22.0 Å². The lowest BCUT2D eigenvalue weighted by atomic mass is 10.0. The van der Waals surface area contributed by atoms with E-state index in [4.69, 9.17) is 4.74 Å². The minimum Gasteiger partial charge on any atom is -0.497 e. The van der Waals surface area contributed by atoms with E-state index in [1.807, 2.05) is 12.1 Å². The molecule has 0 bridgehead atoms. The Morgan fingerprint density at radius 3 is 2.56 bits per heavy atom. The van der Waals surface area contributed by atoms with Gasteiger partial charge in [0.25, 0.3) is 0 Å². The molecule has 0 saturated heterocycles. The van der Waals surface area contributed by atoms with Gasteiger partial charge in [-0.3, -0.25) is 4.79 Å². The van der Waals surface area contributed by atoms with Crippen molar-refractivity contribution in [2.45, 2.75) is 13.0 Å². The first-order chi connectivity index (χ1) is 15.4. The third kappa shape index (κ3) is 3.74. The zero-order valence-corrected chi connectivity index (χ0v) is 17.8. The Kier molecular flexibility index (Phi) is 5.75. The molecule has 1 N–H and O–H groups in total. The van der Waals surface area contributed by atoms with Crippen LogP contribution in [0.3, 0.4) is 0 Å². The first kappa shape index (κ1) is 21.3. The summed E-state index contributed by atoms with van der Waals surface area (Å²) in [6, 6.07) is 15.4. The number of aromatic nitrogens is 1. The van der Waals surface area contributed by atoms with E-state index in [0.717, 1.165) is 5.56 Å². The van der Waals surface area contributed by atoms with Crippen LogP contribution in [0.4, 0.5) is 4.39 Å². The smallest absolute Gasteiger partial charge is 0.341 e. The summed E-state index contributed by atoms with van der Waals surface area (Å²) in [5.74, 6) is -1.15. The maximum Gasteiger partial charge on any atom is 0.341 e. The molecule has 6 nitrogen and oxygen atoms in total. The van der Waals surface area contributed by atoms with E-state index in [-0.39, 0.29) is 18.4 Å². The monoisotopic (exact) mass is 448 g/mol. The lowest BCUT2D eigenvalue weighted by molar-refractivity contribution is 0.0695. The van der Waals surface area contributed by atoms with Gasteiger partial charge in [-0.1, -0.05) is 18.2 Å². The molecule has 0 aliphatic carbocycles. The fourth-order valence-electron chi connectivity index (χ4n) is 3.60. The summed E-state index contributed by atoms with van der Waals surface area (Å²) in [5, 5.41) is 19.2. The average Bonchev–Trinajstić information content (AvgIpc) is 3.17. The number of hydrogen-bond acceptors (Lipinski definition) is 5. The Bertz CT molecular complexity index is 1430. The SMILES string of the molecule is COc1ccc(-c2sc3c(c2CC#N)c(=O)c(C(=O)O)cn3Cc2ccccc2F)cc1. The lowest BCUT2D eigenvalue weighted by Gasteiger charge is -2.11. The van der Waals surface area contributed by atoms with Crippen LogP contribution in [-0.4, -0.2) is 22.8 Å². The first-order valence-electron chi connectivity index (χ1n) is 9.61. The highest BCUT2D eigenvalue weighted by Crippen LogP contribution is 2.38. The van der Waals surface area contributed by atoms with Gasteiger partial charge in [-0.25, -0.2) is 9.18 Å². The van der Waals surface area contributed by atoms with Gasteiger partial charge >= 0.3 is 5.97 Å². The van der Waals surface area contributed by atoms with E-state index in [9.17, 15) is 24.3 Å². The minimum atomic E-state index is -1.38. The number of fused-ring (bicyclic) bond motifs is 1. The highest BCUT2D eigenvalue weighted by atomic mass is 32.1. The number of carbonyl (C=O) groups is 1. The molecule has 2 heterocycles. The highest BCUT2D eigenvalue weighted by molar-refractivity contribution is 7.22. The summed E-state index contributed by atoms with van der Waals surface area (Å²) in [4.78, 5) is 26.1. The quantitative estimate of drug-likeness (QED) is 0.462. The van der Waals surface area contributed by atoms with Gasteiger partial charge in [-0.15, -0.1) is 11.3 Å². The standard InChI is InChI=1S/C24H17FN2O4S/c1-31-16-8-6-14(7-9-16)22-17(10-11-26)20-21(28)18(24(29)30)13-27(23(20)32-22)12-15-4-2-3-5-19(15)25/h2-9,13H,10,12H2,1H3,(H,29,30). The summed E-state index contributed by atoms with van der Waals surface area (Å²) in [6.07, 6.45) is 1.17. The predicted molar refractivity (Wildman–Crippen MR) is 120 cm³/mol. The van der Waals surface area contributed by atoms with Crippen LogP contribution in [0.2, 0.25) is 0 Å². The third-order valence-electron chi connectivity index (χ3n) is 5.14. The summed E-state index contributed by atoms with van der Waals surface area (Å²) in [7, 11) is 1.55. The van der Waals surface area contributed by atoms with Crippen molar-refractivity contribution in [3.05, 3.63) is 87.5 Å². The number of aromatic carboxylic acids is 1. The molecule has 0 amide bonds. The van der Waals surface area contributed by atoms with Crippen molar-refractivity contribution >= 4 is 27.5 Å². The number of pyridine rings is 1. The molecule has 4 rings (SSSR count). The molecule has 2 aromatic carbocycles. The zero-order chi connectivity index (χ0) is 22.8. The summed E-state index contributed by atoms with van der Waals surface area (Å²) in [5.41, 5.74) is 0.514. The molecule has 0 saturated carbocycles. The molecule has 0 aliphatic rings. The fraction of sp³-hybridized carbons (Fsp3) is 0.125. The van der Waals surface area contributed by atoms with Gasteiger partial charge in [0.15, 0.2) is 0 Å². The van der Waals surface area contributed by atoms with Crippen molar-refractivity contribution in [2.24, 2.45) is 0 Å². The zero-order valence-electron chi connectivity index (χ0n) is 17.0. The van der Waals surface area contributed by atoms with Crippen LogP contribution in [0, 0.1) is 17.1 Å². The van der Waals surface area contributed by atoms with Crippen molar-refractivity contribution in [3.8, 4) is 22.3 Å². The summed E-state index contributed by atoms with van der Waals surface area (Å²) >= 11 is 1.27. The van der Waals surface area contributed by atoms with Gasteiger partial charge in [-0.05, 0) is 41.5 Å². The van der Waals surface area contributed by atoms with E-state index in [1.54, 1.807) is 42.0 Å². The van der Waals surface area contributed by atoms with Crippen LogP contribution in [0.5, 0.6) is 5.75 Å². The molecular weight excluding hydrogens is 431 g/mol. The summed E-state index contributed by atoms with van der Waals surface area (Å²) in [6.45, 7) is 0.0400. The van der Waals surface area contributed by atoms with Crippen molar-refractivity contribution in [2.75, 3.05) is 7.11 Å². The Morgan fingerprint density at radius 2 is 1.94 bits per heavy atom. The Labute approximate surface area is 186 Å². The molecule has 8 heteroatoms. The number of methoxy groups -OCH3 is 1. The molecule has 0 atom stereocenters. The lowest BCUT2D eigenvalue weighted by Crippen LogP contribution is -2.19. The van der Waals surface area contributed by atoms with Crippen LogP contribution in [0.15, 0.2) is 59.5 Å². The molecule has 2 aromatic heterocycles. The molecule has 0 fully saturated rings.